The van der Waals surface area contributed by atoms with Gasteiger partial charge in [0, 0.05) is 12.6 Å². The molecule has 1 rings (SSSR count). The predicted octanol–water partition coefficient (Wildman–Crippen LogP) is 3.56. The molecule has 0 amide bonds. The Labute approximate surface area is 123 Å². The van der Waals surface area contributed by atoms with E-state index in [1.807, 2.05) is 18.2 Å². The highest BCUT2D eigenvalue weighted by Gasteiger charge is 2.14. The molecule has 0 aliphatic heterocycles. The van der Waals surface area contributed by atoms with Gasteiger partial charge in [-0.3, -0.25) is 0 Å². The summed E-state index contributed by atoms with van der Waals surface area (Å²) in [4.78, 5) is 0. The van der Waals surface area contributed by atoms with Gasteiger partial charge in [0.05, 0.1) is 24.9 Å². The zero-order valence-corrected chi connectivity index (χ0v) is 13.5. The maximum absolute atomic E-state index is 5.99. The van der Waals surface area contributed by atoms with Crippen LogP contribution in [0.25, 0.3) is 0 Å². The smallest absolute Gasteiger partial charge is 0.0950 e. The average Bonchev–Trinajstić information content (AvgIpc) is 2.37. The largest absolute Gasteiger partial charge is 0.373 e. The molecule has 114 valence electrons. The van der Waals surface area contributed by atoms with Gasteiger partial charge in [-0.1, -0.05) is 44.2 Å². The van der Waals surface area contributed by atoms with Crippen LogP contribution >= 0.6 is 0 Å². The topological polar surface area (TPSA) is 30.5 Å². The Morgan fingerprint density at radius 3 is 2.25 bits per heavy atom. The van der Waals surface area contributed by atoms with Crippen molar-refractivity contribution in [2.24, 2.45) is 0 Å². The fourth-order valence-electron chi connectivity index (χ4n) is 1.82. The van der Waals surface area contributed by atoms with Crippen molar-refractivity contribution in [3.05, 3.63) is 35.9 Å². The first-order chi connectivity index (χ1) is 9.38. The lowest BCUT2D eigenvalue weighted by Gasteiger charge is -2.23. The lowest BCUT2D eigenvalue weighted by Crippen LogP contribution is -2.30. The van der Waals surface area contributed by atoms with Gasteiger partial charge in [-0.25, -0.2) is 0 Å². The van der Waals surface area contributed by atoms with Crippen molar-refractivity contribution < 1.29 is 9.47 Å². The molecule has 3 nitrogen and oxygen atoms in total. The maximum atomic E-state index is 5.99. The van der Waals surface area contributed by atoms with Crippen molar-refractivity contribution in [3.8, 4) is 0 Å². The molecule has 0 saturated heterocycles. The minimum absolute atomic E-state index is 0.0715. The quantitative estimate of drug-likeness (QED) is 0.738. The average molecular weight is 279 g/mol. The maximum Gasteiger partial charge on any atom is 0.0950 e. The van der Waals surface area contributed by atoms with Crippen LogP contribution in [0.4, 0.5) is 0 Å². The number of benzene rings is 1. The van der Waals surface area contributed by atoms with Crippen LogP contribution in [0.15, 0.2) is 30.3 Å². The zero-order valence-electron chi connectivity index (χ0n) is 13.5. The molecule has 0 spiro atoms. The molecule has 0 radical (unpaired) electrons. The van der Waals surface area contributed by atoms with Crippen molar-refractivity contribution in [2.75, 3.05) is 19.8 Å². The number of ether oxygens (including phenoxy) is 2. The summed E-state index contributed by atoms with van der Waals surface area (Å²) in [6, 6.07) is 10.8. The van der Waals surface area contributed by atoms with E-state index in [1.54, 1.807) is 0 Å². The normalized spacial score (nSPS) is 13.7. The Bertz CT molecular complexity index is 357. The van der Waals surface area contributed by atoms with Gasteiger partial charge >= 0.3 is 0 Å². The molecule has 0 aliphatic rings. The van der Waals surface area contributed by atoms with Gasteiger partial charge in [0.25, 0.3) is 0 Å². The number of hydrogen-bond donors (Lipinski definition) is 1. The van der Waals surface area contributed by atoms with Gasteiger partial charge in [0.15, 0.2) is 0 Å². The van der Waals surface area contributed by atoms with Gasteiger partial charge < -0.3 is 14.8 Å². The standard InChI is InChI=1S/C17H29NO2/c1-14(2)18-13-16(15-9-7-6-8-10-15)19-11-12-20-17(3,4)5/h6-10,14,16,18H,11-13H2,1-5H3. The third kappa shape index (κ3) is 7.63. The number of rotatable bonds is 8. The summed E-state index contributed by atoms with van der Waals surface area (Å²) in [6.07, 6.45) is 0.0715. The fourth-order valence-corrected chi connectivity index (χ4v) is 1.82. The van der Waals surface area contributed by atoms with Crippen LogP contribution in [0, 0.1) is 0 Å². The SMILES string of the molecule is CC(C)NCC(OCCOC(C)(C)C)c1ccccc1. The first kappa shape index (κ1) is 17.2. The molecule has 1 unspecified atom stereocenters. The van der Waals surface area contributed by atoms with E-state index in [2.05, 4.69) is 52.1 Å². The summed E-state index contributed by atoms with van der Waals surface area (Å²) in [7, 11) is 0. The number of hydrogen-bond acceptors (Lipinski definition) is 3. The van der Waals surface area contributed by atoms with E-state index in [0.717, 1.165) is 6.54 Å². The van der Waals surface area contributed by atoms with Crippen LogP contribution in [0.5, 0.6) is 0 Å². The molecule has 1 aromatic carbocycles. The Morgan fingerprint density at radius 2 is 1.70 bits per heavy atom. The van der Waals surface area contributed by atoms with E-state index < -0.39 is 0 Å². The van der Waals surface area contributed by atoms with Gasteiger partial charge in [0.1, 0.15) is 0 Å². The van der Waals surface area contributed by atoms with Gasteiger partial charge in [-0.05, 0) is 26.3 Å². The van der Waals surface area contributed by atoms with Crippen molar-refractivity contribution in [2.45, 2.75) is 52.4 Å². The highest BCUT2D eigenvalue weighted by molar-refractivity contribution is 5.17. The van der Waals surface area contributed by atoms with Gasteiger partial charge in [0.2, 0.25) is 0 Å². The van der Waals surface area contributed by atoms with Crippen LogP contribution < -0.4 is 5.32 Å². The lowest BCUT2D eigenvalue weighted by atomic mass is 10.1. The van der Waals surface area contributed by atoms with Crippen LogP contribution in [-0.2, 0) is 9.47 Å². The molecule has 20 heavy (non-hydrogen) atoms. The predicted molar refractivity (Wildman–Crippen MR) is 84.0 cm³/mol. The van der Waals surface area contributed by atoms with Gasteiger partial charge in [-0.2, -0.15) is 0 Å². The molecule has 0 bridgehead atoms. The van der Waals surface area contributed by atoms with Crippen LogP contribution in [0.3, 0.4) is 0 Å². The number of nitrogens with one attached hydrogen (secondary N) is 1. The molecule has 0 fully saturated rings. The molecule has 0 aliphatic carbocycles. The second kappa shape index (κ2) is 8.40. The summed E-state index contributed by atoms with van der Waals surface area (Å²) in [5, 5.41) is 3.44. The minimum Gasteiger partial charge on any atom is -0.373 e. The van der Waals surface area contributed by atoms with E-state index in [1.165, 1.54) is 5.56 Å². The first-order valence-electron chi connectivity index (χ1n) is 7.42. The molecule has 0 saturated carbocycles. The Hall–Kier alpha value is -0.900. The highest BCUT2D eigenvalue weighted by atomic mass is 16.5. The van der Waals surface area contributed by atoms with E-state index in [9.17, 15) is 0 Å². The van der Waals surface area contributed by atoms with E-state index in [-0.39, 0.29) is 11.7 Å². The Balaban J connectivity index is 2.47. The third-order valence-corrected chi connectivity index (χ3v) is 2.82. The van der Waals surface area contributed by atoms with Crippen LogP contribution in [0.1, 0.15) is 46.3 Å². The molecule has 1 aromatic rings. The van der Waals surface area contributed by atoms with E-state index >= 15 is 0 Å². The lowest BCUT2D eigenvalue weighted by molar-refractivity contribution is -0.0521. The van der Waals surface area contributed by atoms with Crippen molar-refractivity contribution in [1.29, 1.82) is 0 Å². The van der Waals surface area contributed by atoms with Crippen molar-refractivity contribution >= 4 is 0 Å². The van der Waals surface area contributed by atoms with Crippen LogP contribution in [-0.4, -0.2) is 31.4 Å². The molecule has 1 atom stereocenters. The fraction of sp³-hybridized carbons (Fsp3) is 0.647. The summed E-state index contributed by atoms with van der Waals surface area (Å²) < 4.78 is 11.7. The zero-order chi connectivity index (χ0) is 15.0. The first-order valence-corrected chi connectivity index (χ1v) is 7.42. The monoisotopic (exact) mass is 279 g/mol. The summed E-state index contributed by atoms with van der Waals surface area (Å²) in [5.74, 6) is 0. The summed E-state index contributed by atoms with van der Waals surface area (Å²) >= 11 is 0. The second-order valence-electron chi connectivity index (χ2n) is 6.29. The molecule has 0 heterocycles. The summed E-state index contributed by atoms with van der Waals surface area (Å²) in [6.45, 7) is 12.5. The van der Waals surface area contributed by atoms with E-state index in [0.29, 0.717) is 19.3 Å². The Kier molecular flexibility index (Phi) is 7.20. The van der Waals surface area contributed by atoms with Crippen LogP contribution in [0.2, 0.25) is 0 Å². The minimum atomic E-state index is -0.109. The molecule has 0 aromatic heterocycles. The molecule has 1 N–H and O–H groups in total. The Morgan fingerprint density at radius 1 is 1.05 bits per heavy atom. The molecule has 3 heteroatoms. The molecular formula is C17H29NO2. The molecular weight excluding hydrogens is 250 g/mol. The second-order valence-corrected chi connectivity index (χ2v) is 6.29. The summed E-state index contributed by atoms with van der Waals surface area (Å²) in [5.41, 5.74) is 1.10. The third-order valence-electron chi connectivity index (χ3n) is 2.82. The van der Waals surface area contributed by atoms with Gasteiger partial charge in [-0.15, -0.1) is 0 Å². The van der Waals surface area contributed by atoms with Crippen molar-refractivity contribution in [1.82, 2.24) is 5.32 Å². The van der Waals surface area contributed by atoms with Crippen molar-refractivity contribution in [3.63, 3.8) is 0 Å². The van der Waals surface area contributed by atoms with E-state index in [4.69, 9.17) is 9.47 Å². The highest BCUT2D eigenvalue weighted by Crippen LogP contribution is 2.16.